The molecule has 0 atom stereocenters. The molecular formula is C5H22O4Si5. The SMILES string of the molecule is C[Si](C)(C)O[Si](C)(C)O[SiH2]O[SiH2]O[SiH3]. The molecule has 0 fully saturated rings. The van der Waals surface area contributed by atoms with Crippen LogP contribution in [0.1, 0.15) is 0 Å². The van der Waals surface area contributed by atoms with Gasteiger partial charge in [0.2, 0.25) is 0 Å². The Kier molecular flexibility index (Phi) is 6.92. The normalized spacial score (nSPS) is 15.2. The summed E-state index contributed by atoms with van der Waals surface area (Å²) in [5.41, 5.74) is 0. The fourth-order valence-electron chi connectivity index (χ4n) is 1.07. The van der Waals surface area contributed by atoms with Crippen LogP contribution < -0.4 is 0 Å². The van der Waals surface area contributed by atoms with Crippen molar-refractivity contribution in [2.45, 2.75) is 32.7 Å². The highest BCUT2D eigenvalue weighted by molar-refractivity contribution is 6.82. The van der Waals surface area contributed by atoms with Gasteiger partial charge in [-0.25, -0.2) is 0 Å². The molecule has 0 N–H and O–H groups in total. The van der Waals surface area contributed by atoms with Crippen LogP contribution in [0.2, 0.25) is 32.7 Å². The number of hydrogen-bond acceptors (Lipinski definition) is 4. The molecule has 0 unspecified atom stereocenters. The molecule has 0 aromatic rings. The summed E-state index contributed by atoms with van der Waals surface area (Å²) in [4.78, 5) is 0. The fourth-order valence-corrected chi connectivity index (χ4v) is 12.4. The summed E-state index contributed by atoms with van der Waals surface area (Å²) in [5, 5.41) is 0. The average Bonchev–Trinajstić information content (AvgIpc) is 1.93. The summed E-state index contributed by atoms with van der Waals surface area (Å²) in [7, 11) is -4.17. The molecule has 0 radical (unpaired) electrons. The largest absolute Gasteiger partial charge is 0.449 e. The minimum absolute atomic E-state index is 0.713. The molecule has 0 saturated carbocycles. The smallest absolute Gasteiger partial charge is 0.312 e. The van der Waals surface area contributed by atoms with Crippen molar-refractivity contribution in [3.63, 3.8) is 0 Å². The van der Waals surface area contributed by atoms with Crippen molar-refractivity contribution in [1.29, 1.82) is 0 Å². The van der Waals surface area contributed by atoms with Crippen LogP contribution in [-0.2, 0) is 16.5 Å². The van der Waals surface area contributed by atoms with Crippen molar-refractivity contribution in [2.24, 2.45) is 0 Å². The maximum Gasteiger partial charge on any atom is 0.312 e. The summed E-state index contributed by atoms with van der Waals surface area (Å²) in [6, 6.07) is 0. The highest BCUT2D eigenvalue weighted by atomic mass is 28.5. The van der Waals surface area contributed by atoms with E-state index < -0.39 is 36.9 Å². The summed E-state index contributed by atoms with van der Waals surface area (Å²) in [6.45, 7) is 10.7. The number of rotatable bonds is 7. The predicted octanol–water partition coefficient (Wildman–Crippen LogP) is -1.13. The van der Waals surface area contributed by atoms with E-state index >= 15 is 0 Å². The zero-order valence-corrected chi connectivity index (χ0v) is 16.9. The van der Waals surface area contributed by atoms with Gasteiger partial charge in [-0.1, -0.05) is 0 Å². The van der Waals surface area contributed by atoms with E-state index in [-0.39, 0.29) is 0 Å². The van der Waals surface area contributed by atoms with Crippen molar-refractivity contribution in [2.75, 3.05) is 0 Å². The van der Waals surface area contributed by atoms with Gasteiger partial charge in [-0.3, -0.25) is 0 Å². The van der Waals surface area contributed by atoms with Crippen LogP contribution in [0, 0.1) is 0 Å². The van der Waals surface area contributed by atoms with Gasteiger partial charge in [0.25, 0.3) is 20.0 Å². The first kappa shape index (κ1) is 14.9. The van der Waals surface area contributed by atoms with E-state index in [9.17, 15) is 0 Å². The Hall–Kier alpha value is 0.924. The van der Waals surface area contributed by atoms with Crippen molar-refractivity contribution < 1.29 is 16.5 Å². The van der Waals surface area contributed by atoms with Gasteiger partial charge in [-0.15, -0.1) is 0 Å². The first-order valence-electron chi connectivity index (χ1n) is 4.68. The molecule has 4 nitrogen and oxygen atoms in total. The monoisotopic (exact) mass is 286 g/mol. The van der Waals surface area contributed by atoms with Gasteiger partial charge in [0, 0.05) is 0 Å². The average molecular weight is 287 g/mol. The first-order valence-corrected chi connectivity index (χ1v) is 14.0. The maximum atomic E-state index is 6.00. The fraction of sp³-hybridized carbons (Fsp3) is 1.00. The molecule has 14 heavy (non-hydrogen) atoms. The lowest BCUT2D eigenvalue weighted by atomic mass is 11.8. The highest BCUT2D eigenvalue weighted by Crippen LogP contribution is 2.14. The van der Waals surface area contributed by atoms with E-state index in [4.69, 9.17) is 16.5 Å². The summed E-state index contributed by atoms with van der Waals surface area (Å²) >= 11 is 0. The van der Waals surface area contributed by atoms with Gasteiger partial charge in [0.15, 0.2) is 8.32 Å². The van der Waals surface area contributed by atoms with E-state index in [1.165, 1.54) is 0 Å². The third-order valence-electron chi connectivity index (χ3n) is 1.24. The molecule has 0 heterocycles. The molecule has 9 heteroatoms. The summed E-state index contributed by atoms with van der Waals surface area (Å²) in [6.07, 6.45) is 0. The molecular weight excluding hydrogens is 264 g/mol. The summed E-state index contributed by atoms with van der Waals surface area (Å²) in [5.74, 6) is 0. The second-order valence-corrected chi connectivity index (χ2v) is 17.9. The molecule has 0 aliphatic carbocycles. The van der Waals surface area contributed by atoms with Crippen LogP contribution in [0.3, 0.4) is 0 Å². The molecule has 0 rings (SSSR count). The van der Waals surface area contributed by atoms with Crippen LogP contribution in [-0.4, -0.2) is 47.4 Å². The molecule has 86 valence electrons. The van der Waals surface area contributed by atoms with Crippen LogP contribution in [0.25, 0.3) is 0 Å². The van der Waals surface area contributed by atoms with Crippen LogP contribution in [0.15, 0.2) is 0 Å². The van der Waals surface area contributed by atoms with Gasteiger partial charge in [-0.2, -0.15) is 0 Å². The minimum atomic E-state index is -1.91. The van der Waals surface area contributed by atoms with Crippen molar-refractivity contribution in [3.05, 3.63) is 0 Å². The Balaban J connectivity index is 3.72. The summed E-state index contributed by atoms with van der Waals surface area (Å²) < 4.78 is 22.2. The molecule has 0 aromatic carbocycles. The maximum absolute atomic E-state index is 6.00. The number of hydrogen-bond donors (Lipinski definition) is 0. The van der Waals surface area contributed by atoms with Gasteiger partial charge >= 0.3 is 8.56 Å². The third-order valence-corrected chi connectivity index (χ3v) is 11.2. The van der Waals surface area contributed by atoms with E-state index in [2.05, 4.69) is 32.7 Å². The molecule has 0 bridgehead atoms. The Labute approximate surface area is 96.7 Å². The molecule has 0 saturated heterocycles. The van der Waals surface area contributed by atoms with E-state index in [0.29, 0.717) is 0 Å². The zero-order chi connectivity index (χ0) is 11.2. The van der Waals surface area contributed by atoms with Gasteiger partial charge in [0.1, 0.15) is 10.5 Å². The van der Waals surface area contributed by atoms with Crippen LogP contribution >= 0.6 is 0 Å². The quantitative estimate of drug-likeness (QED) is 0.438. The van der Waals surface area contributed by atoms with Gasteiger partial charge in [-0.05, 0) is 32.7 Å². The van der Waals surface area contributed by atoms with Crippen molar-refractivity contribution in [1.82, 2.24) is 0 Å². The van der Waals surface area contributed by atoms with Crippen LogP contribution in [0.5, 0.6) is 0 Å². The lowest BCUT2D eigenvalue weighted by molar-refractivity contribution is 0.362. The lowest BCUT2D eigenvalue weighted by Crippen LogP contribution is -2.46. The zero-order valence-electron chi connectivity index (χ0n) is 10.0. The van der Waals surface area contributed by atoms with Crippen molar-refractivity contribution >= 4 is 47.4 Å². The lowest BCUT2D eigenvalue weighted by Gasteiger charge is -2.30. The Morgan fingerprint density at radius 1 is 1.00 bits per heavy atom. The van der Waals surface area contributed by atoms with E-state index in [0.717, 1.165) is 10.5 Å². The van der Waals surface area contributed by atoms with Gasteiger partial charge < -0.3 is 16.5 Å². The Bertz CT molecular complexity index is 159. The second-order valence-electron chi connectivity index (χ2n) is 4.49. The first-order chi connectivity index (χ1) is 6.27. The molecule has 0 aliphatic heterocycles. The third kappa shape index (κ3) is 9.48. The molecule has 0 aromatic heterocycles. The van der Waals surface area contributed by atoms with Gasteiger partial charge in [0.05, 0.1) is 0 Å². The van der Waals surface area contributed by atoms with E-state index in [1.807, 2.05) is 0 Å². The van der Waals surface area contributed by atoms with Crippen molar-refractivity contribution in [3.8, 4) is 0 Å². The standard InChI is InChI=1S/C5H22O4Si5/c1-13(2,3)9-14(4,5)8-12-7-11-6-10/h11-12H2,1-5,10H3. The molecule has 0 amide bonds. The minimum Gasteiger partial charge on any atom is -0.449 e. The second kappa shape index (κ2) is 6.49. The Morgan fingerprint density at radius 3 is 2.00 bits per heavy atom. The molecule has 0 spiro atoms. The van der Waals surface area contributed by atoms with E-state index in [1.54, 1.807) is 0 Å². The highest BCUT2D eigenvalue weighted by Gasteiger charge is 2.31. The Morgan fingerprint density at radius 2 is 1.57 bits per heavy atom. The molecule has 0 aliphatic rings. The topological polar surface area (TPSA) is 36.9 Å². The predicted molar refractivity (Wildman–Crippen MR) is 72.2 cm³/mol. The van der Waals surface area contributed by atoms with Crippen LogP contribution in [0.4, 0.5) is 0 Å².